The van der Waals surface area contributed by atoms with E-state index < -0.39 is 0 Å². The summed E-state index contributed by atoms with van der Waals surface area (Å²) < 4.78 is 4.61. The molecule has 100 valence electrons. The molecule has 0 fully saturated rings. The summed E-state index contributed by atoms with van der Waals surface area (Å²) in [5.41, 5.74) is 6.66. The third-order valence-electron chi connectivity index (χ3n) is 3.56. The molecule has 1 aromatic rings. The summed E-state index contributed by atoms with van der Waals surface area (Å²) in [6.07, 6.45) is 0.416. The molecular formula is C15H23NO2. The maximum absolute atomic E-state index is 11.0. The second-order valence-electron chi connectivity index (χ2n) is 4.74. The van der Waals surface area contributed by atoms with Crippen LogP contribution in [-0.4, -0.2) is 19.6 Å². The highest BCUT2D eigenvalue weighted by Gasteiger charge is 2.08. The Bertz CT molecular complexity index is 412. The van der Waals surface area contributed by atoms with Crippen LogP contribution in [0.3, 0.4) is 0 Å². The quantitative estimate of drug-likeness (QED) is 0.644. The minimum absolute atomic E-state index is 0.170. The van der Waals surface area contributed by atoms with Gasteiger partial charge in [0.2, 0.25) is 0 Å². The van der Waals surface area contributed by atoms with E-state index in [9.17, 15) is 4.79 Å². The summed E-state index contributed by atoms with van der Waals surface area (Å²) in [6, 6.07) is 2.22. The number of carbonyl (C=O) groups is 1. The second-order valence-corrected chi connectivity index (χ2v) is 4.74. The summed E-state index contributed by atoms with van der Waals surface area (Å²) >= 11 is 0. The molecule has 0 aliphatic rings. The Balaban J connectivity index is 2.65. The molecule has 0 bridgehead atoms. The van der Waals surface area contributed by atoms with E-state index in [1.807, 2.05) is 0 Å². The first-order valence-electron chi connectivity index (χ1n) is 6.31. The van der Waals surface area contributed by atoms with Crippen LogP contribution in [0, 0.1) is 27.7 Å². The van der Waals surface area contributed by atoms with Crippen molar-refractivity contribution in [1.29, 1.82) is 0 Å². The number of rotatable bonds is 5. The Morgan fingerprint density at radius 1 is 1.17 bits per heavy atom. The van der Waals surface area contributed by atoms with Gasteiger partial charge in [0.05, 0.1) is 13.5 Å². The molecular weight excluding hydrogens is 226 g/mol. The van der Waals surface area contributed by atoms with E-state index in [-0.39, 0.29) is 5.97 Å². The average molecular weight is 249 g/mol. The fourth-order valence-corrected chi connectivity index (χ4v) is 2.07. The lowest BCUT2D eigenvalue weighted by Gasteiger charge is -2.15. The molecule has 0 aliphatic carbocycles. The van der Waals surface area contributed by atoms with Gasteiger partial charge in [-0.1, -0.05) is 6.07 Å². The fraction of sp³-hybridized carbons (Fsp3) is 0.533. The number of nitrogens with one attached hydrogen (secondary N) is 1. The third-order valence-corrected chi connectivity index (χ3v) is 3.56. The molecule has 0 saturated carbocycles. The zero-order valence-corrected chi connectivity index (χ0v) is 12.0. The van der Waals surface area contributed by atoms with Gasteiger partial charge in [0, 0.05) is 13.1 Å². The third kappa shape index (κ3) is 3.57. The molecule has 1 aromatic carbocycles. The topological polar surface area (TPSA) is 38.3 Å². The fourth-order valence-electron chi connectivity index (χ4n) is 2.07. The average Bonchev–Trinajstić information content (AvgIpc) is 2.35. The standard InChI is InChI=1S/C15H23NO2/c1-10-8-11(2)13(4)14(12(10)3)9-16-7-6-15(17)18-5/h8,16H,6-7,9H2,1-5H3. The summed E-state index contributed by atoms with van der Waals surface area (Å²) in [7, 11) is 1.42. The van der Waals surface area contributed by atoms with Crippen molar-refractivity contribution in [2.24, 2.45) is 0 Å². The van der Waals surface area contributed by atoms with E-state index in [1.165, 1.54) is 34.9 Å². The van der Waals surface area contributed by atoms with E-state index in [0.29, 0.717) is 13.0 Å². The molecule has 0 radical (unpaired) electrons. The number of hydrogen-bond donors (Lipinski definition) is 1. The van der Waals surface area contributed by atoms with E-state index in [2.05, 4.69) is 43.8 Å². The number of hydrogen-bond acceptors (Lipinski definition) is 3. The molecule has 0 heterocycles. The monoisotopic (exact) mass is 249 g/mol. The molecule has 3 heteroatoms. The predicted octanol–water partition coefficient (Wildman–Crippen LogP) is 2.57. The van der Waals surface area contributed by atoms with Crippen molar-refractivity contribution >= 4 is 5.97 Å². The molecule has 0 atom stereocenters. The molecule has 0 spiro atoms. The number of ether oxygens (including phenoxy) is 1. The van der Waals surface area contributed by atoms with E-state index in [0.717, 1.165) is 6.54 Å². The van der Waals surface area contributed by atoms with Gasteiger partial charge in [-0.3, -0.25) is 4.79 Å². The predicted molar refractivity (Wildman–Crippen MR) is 73.7 cm³/mol. The Labute approximate surface area is 110 Å². The van der Waals surface area contributed by atoms with Crippen molar-refractivity contribution in [2.45, 2.75) is 40.7 Å². The molecule has 18 heavy (non-hydrogen) atoms. The maximum atomic E-state index is 11.0. The number of benzene rings is 1. The first-order valence-corrected chi connectivity index (χ1v) is 6.31. The van der Waals surface area contributed by atoms with Crippen molar-refractivity contribution in [3.63, 3.8) is 0 Å². The maximum Gasteiger partial charge on any atom is 0.306 e. The Hall–Kier alpha value is -1.35. The van der Waals surface area contributed by atoms with Gasteiger partial charge < -0.3 is 10.1 Å². The first-order chi connectivity index (χ1) is 8.47. The van der Waals surface area contributed by atoms with Crippen LogP contribution in [0.4, 0.5) is 0 Å². The zero-order chi connectivity index (χ0) is 13.7. The minimum Gasteiger partial charge on any atom is -0.469 e. The smallest absolute Gasteiger partial charge is 0.306 e. The molecule has 0 amide bonds. The van der Waals surface area contributed by atoms with Gasteiger partial charge in [0.25, 0.3) is 0 Å². The van der Waals surface area contributed by atoms with Crippen LogP contribution >= 0.6 is 0 Å². The summed E-state index contributed by atoms with van der Waals surface area (Å²) in [5.74, 6) is -0.170. The van der Waals surface area contributed by atoms with Crippen molar-refractivity contribution in [3.05, 3.63) is 33.9 Å². The molecule has 0 aliphatic heterocycles. The number of esters is 1. The van der Waals surface area contributed by atoms with Crippen LogP contribution in [0.25, 0.3) is 0 Å². The lowest BCUT2D eigenvalue weighted by atomic mass is 9.94. The van der Waals surface area contributed by atoms with Crippen LogP contribution in [0.5, 0.6) is 0 Å². The van der Waals surface area contributed by atoms with Gasteiger partial charge >= 0.3 is 5.97 Å². The normalized spacial score (nSPS) is 10.5. The zero-order valence-electron chi connectivity index (χ0n) is 12.0. The van der Waals surface area contributed by atoms with Crippen molar-refractivity contribution < 1.29 is 9.53 Å². The van der Waals surface area contributed by atoms with Gasteiger partial charge in [-0.05, 0) is 55.5 Å². The summed E-state index contributed by atoms with van der Waals surface area (Å²) in [5, 5.41) is 3.30. The Morgan fingerprint density at radius 3 is 2.22 bits per heavy atom. The molecule has 1 N–H and O–H groups in total. The minimum atomic E-state index is -0.170. The van der Waals surface area contributed by atoms with Crippen LogP contribution in [0.2, 0.25) is 0 Å². The van der Waals surface area contributed by atoms with Crippen LogP contribution in [0.1, 0.15) is 34.2 Å². The summed E-state index contributed by atoms with van der Waals surface area (Å²) in [4.78, 5) is 11.0. The highest BCUT2D eigenvalue weighted by molar-refractivity contribution is 5.69. The molecule has 0 unspecified atom stereocenters. The van der Waals surface area contributed by atoms with Gasteiger partial charge in [0.15, 0.2) is 0 Å². The van der Waals surface area contributed by atoms with E-state index in [1.54, 1.807) is 0 Å². The second kappa shape index (κ2) is 6.55. The summed E-state index contributed by atoms with van der Waals surface area (Å²) in [6.45, 7) is 10.0. The molecule has 3 nitrogen and oxygen atoms in total. The largest absolute Gasteiger partial charge is 0.469 e. The van der Waals surface area contributed by atoms with Crippen LogP contribution in [0.15, 0.2) is 6.07 Å². The Morgan fingerprint density at radius 2 is 1.72 bits per heavy atom. The van der Waals surface area contributed by atoms with Gasteiger partial charge in [-0.25, -0.2) is 0 Å². The van der Waals surface area contributed by atoms with Gasteiger partial charge in [-0.2, -0.15) is 0 Å². The molecule has 0 aromatic heterocycles. The van der Waals surface area contributed by atoms with Crippen molar-refractivity contribution in [3.8, 4) is 0 Å². The van der Waals surface area contributed by atoms with E-state index >= 15 is 0 Å². The lowest BCUT2D eigenvalue weighted by Crippen LogP contribution is -2.20. The number of carbonyl (C=O) groups excluding carboxylic acids is 1. The van der Waals surface area contributed by atoms with E-state index in [4.69, 9.17) is 0 Å². The number of aryl methyl sites for hydroxylation is 2. The highest BCUT2D eigenvalue weighted by Crippen LogP contribution is 2.21. The van der Waals surface area contributed by atoms with Crippen molar-refractivity contribution in [1.82, 2.24) is 5.32 Å². The number of methoxy groups -OCH3 is 1. The van der Waals surface area contributed by atoms with Crippen LogP contribution < -0.4 is 5.32 Å². The molecule has 1 rings (SSSR count). The SMILES string of the molecule is COC(=O)CCNCc1c(C)c(C)cc(C)c1C. The molecule has 0 saturated heterocycles. The Kier molecular flexibility index (Phi) is 5.35. The van der Waals surface area contributed by atoms with Crippen molar-refractivity contribution in [2.75, 3.05) is 13.7 Å². The van der Waals surface area contributed by atoms with Crippen LogP contribution in [-0.2, 0) is 16.1 Å². The first kappa shape index (κ1) is 14.7. The van der Waals surface area contributed by atoms with Gasteiger partial charge in [0.1, 0.15) is 0 Å². The highest BCUT2D eigenvalue weighted by atomic mass is 16.5. The van der Waals surface area contributed by atoms with Gasteiger partial charge in [-0.15, -0.1) is 0 Å². The lowest BCUT2D eigenvalue weighted by molar-refractivity contribution is -0.140.